The first-order valence-corrected chi connectivity index (χ1v) is 4.38. The van der Waals surface area contributed by atoms with Gasteiger partial charge in [-0.25, -0.2) is 0 Å². The molecule has 0 saturated heterocycles. The first kappa shape index (κ1) is 8.10. The fraction of sp³-hybridized carbons (Fsp3) is 0.300. The molecule has 3 nitrogen and oxygen atoms in total. The van der Waals surface area contributed by atoms with E-state index in [0.717, 1.165) is 12.3 Å². The molecule has 13 heavy (non-hydrogen) atoms. The van der Waals surface area contributed by atoms with E-state index < -0.39 is 0 Å². The highest BCUT2D eigenvalue weighted by Crippen LogP contribution is 2.27. The van der Waals surface area contributed by atoms with Crippen LogP contribution in [0.2, 0.25) is 0 Å². The van der Waals surface area contributed by atoms with E-state index in [2.05, 4.69) is 17.2 Å². The summed E-state index contributed by atoms with van der Waals surface area (Å²) in [5.41, 5.74) is 6.93. The predicted octanol–water partition coefficient (Wildman–Crippen LogP) is 1.34. The summed E-state index contributed by atoms with van der Waals surface area (Å²) < 4.78 is 0. The number of nitrogens with zero attached hydrogens (tertiary/aromatic N) is 2. The second-order valence-corrected chi connectivity index (χ2v) is 3.30. The molecule has 0 amide bonds. The highest BCUT2D eigenvalue weighted by atomic mass is 15.5. The molecule has 68 valence electrons. The minimum Gasteiger partial charge on any atom is -0.386 e. The topological polar surface area (TPSA) is 41.6 Å². The summed E-state index contributed by atoms with van der Waals surface area (Å²) in [6, 6.07) is 10.6. The largest absolute Gasteiger partial charge is 0.386 e. The third-order valence-electron chi connectivity index (χ3n) is 2.32. The maximum atomic E-state index is 5.66. The number of hydrazone groups is 1. The Kier molecular flexibility index (Phi) is 1.93. The summed E-state index contributed by atoms with van der Waals surface area (Å²) >= 11 is 0. The van der Waals surface area contributed by atoms with Crippen LogP contribution in [0.4, 0.5) is 0 Å². The quantitative estimate of drug-likeness (QED) is 0.699. The van der Waals surface area contributed by atoms with Crippen LogP contribution in [0.25, 0.3) is 0 Å². The van der Waals surface area contributed by atoms with Gasteiger partial charge in [0.2, 0.25) is 0 Å². The monoisotopic (exact) mass is 175 g/mol. The zero-order valence-electron chi connectivity index (χ0n) is 7.64. The van der Waals surface area contributed by atoms with Gasteiger partial charge >= 0.3 is 0 Å². The molecule has 0 aliphatic carbocycles. The normalized spacial score (nSPS) is 21.8. The number of hydrogen-bond acceptors (Lipinski definition) is 3. The number of hydrogen-bond donors (Lipinski definition) is 1. The van der Waals surface area contributed by atoms with Crippen molar-refractivity contribution in [3.05, 3.63) is 35.9 Å². The minimum absolute atomic E-state index is 0.321. The summed E-state index contributed by atoms with van der Waals surface area (Å²) in [7, 11) is 1.96. The Morgan fingerprint density at radius 1 is 1.38 bits per heavy atom. The van der Waals surface area contributed by atoms with Gasteiger partial charge in [0, 0.05) is 13.5 Å². The molecule has 2 rings (SSSR count). The van der Waals surface area contributed by atoms with Gasteiger partial charge < -0.3 is 5.73 Å². The molecule has 3 heteroatoms. The molecular weight excluding hydrogens is 162 g/mol. The van der Waals surface area contributed by atoms with Crippen LogP contribution >= 0.6 is 0 Å². The molecule has 2 N–H and O–H groups in total. The van der Waals surface area contributed by atoms with Crippen molar-refractivity contribution in [2.75, 3.05) is 7.05 Å². The van der Waals surface area contributed by atoms with E-state index in [1.165, 1.54) is 5.56 Å². The molecule has 0 radical (unpaired) electrons. The van der Waals surface area contributed by atoms with Gasteiger partial charge in [-0.05, 0) is 5.56 Å². The number of benzene rings is 1. The molecular formula is C10H13N3. The zero-order chi connectivity index (χ0) is 9.26. The maximum absolute atomic E-state index is 5.66. The van der Waals surface area contributed by atoms with Gasteiger partial charge in [-0.1, -0.05) is 30.3 Å². The third kappa shape index (κ3) is 1.49. The van der Waals surface area contributed by atoms with Crippen LogP contribution in [0, 0.1) is 0 Å². The van der Waals surface area contributed by atoms with Gasteiger partial charge in [0.25, 0.3) is 0 Å². The van der Waals surface area contributed by atoms with Gasteiger partial charge in [0.15, 0.2) is 0 Å². The van der Waals surface area contributed by atoms with Gasteiger partial charge in [-0.15, -0.1) is 0 Å². The molecule has 0 fully saturated rings. The summed E-state index contributed by atoms with van der Waals surface area (Å²) in [6.45, 7) is 0. The van der Waals surface area contributed by atoms with E-state index in [1.54, 1.807) is 0 Å². The lowest BCUT2D eigenvalue weighted by atomic mass is 10.0. The van der Waals surface area contributed by atoms with E-state index in [-0.39, 0.29) is 0 Å². The lowest BCUT2D eigenvalue weighted by Crippen LogP contribution is -2.14. The van der Waals surface area contributed by atoms with Crippen LogP contribution in [0.5, 0.6) is 0 Å². The van der Waals surface area contributed by atoms with E-state index >= 15 is 0 Å². The molecule has 1 heterocycles. The van der Waals surface area contributed by atoms with E-state index in [9.17, 15) is 0 Å². The van der Waals surface area contributed by atoms with Crippen molar-refractivity contribution in [3.63, 3.8) is 0 Å². The second kappa shape index (κ2) is 3.09. The first-order valence-electron chi connectivity index (χ1n) is 4.38. The molecule has 1 atom stereocenters. The number of nitrogens with two attached hydrogens (primary N) is 1. The molecule has 1 aliphatic rings. The van der Waals surface area contributed by atoms with Crippen molar-refractivity contribution < 1.29 is 0 Å². The first-order chi connectivity index (χ1) is 6.27. The highest BCUT2D eigenvalue weighted by molar-refractivity contribution is 5.82. The second-order valence-electron chi connectivity index (χ2n) is 3.30. The molecule has 0 saturated carbocycles. The molecule has 0 unspecified atom stereocenters. The van der Waals surface area contributed by atoms with Crippen LogP contribution < -0.4 is 5.73 Å². The zero-order valence-corrected chi connectivity index (χ0v) is 7.64. The lowest BCUT2D eigenvalue weighted by Gasteiger charge is -2.18. The van der Waals surface area contributed by atoms with E-state index in [1.807, 2.05) is 30.3 Å². The summed E-state index contributed by atoms with van der Waals surface area (Å²) in [6.07, 6.45) is 0.834. The molecule has 1 aromatic carbocycles. The van der Waals surface area contributed by atoms with Crippen LogP contribution in [0.3, 0.4) is 0 Å². The van der Waals surface area contributed by atoms with E-state index in [4.69, 9.17) is 5.73 Å². The Bertz CT molecular complexity index is 318. The smallest absolute Gasteiger partial charge is 0.122 e. The van der Waals surface area contributed by atoms with Crippen molar-refractivity contribution in [1.29, 1.82) is 0 Å². The van der Waals surface area contributed by atoms with Crippen LogP contribution in [0.15, 0.2) is 35.4 Å². The van der Waals surface area contributed by atoms with Crippen molar-refractivity contribution in [3.8, 4) is 0 Å². The molecule has 0 aromatic heterocycles. The predicted molar refractivity (Wildman–Crippen MR) is 53.2 cm³/mol. The average Bonchev–Trinajstić information content (AvgIpc) is 2.47. The molecule has 0 bridgehead atoms. The van der Waals surface area contributed by atoms with Crippen LogP contribution in [-0.4, -0.2) is 17.9 Å². The Morgan fingerprint density at radius 3 is 2.62 bits per heavy atom. The van der Waals surface area contributed by atoms with Gasteiger partial charge in [-0.2, -0.15) is 5.10 Å². The summed E-state index contributed by atoms with van der Waals surface area (Å²) in [5.74, 6) is 0.719. The lowest BCUT2D eigenvalue weighted by molar-refractivity contribution is 0.290. The van der Waals surface area contributed by atoms with Gasteiger partial charge in [0.05, 0.1) is 6.04 Å². The van der Waals surface area contributed by atoms with Gasteiger partial charge in [0.1, 0.15) is 5.84 Å². The fourth-order valence-electron chi connectivity index (χ4n) is 1.65. The Hall–Kier alpha value is -1.51. The summed E-state index contributed by atoms with van der Waals surface area (Å²) in [5, 5.41) is 6.10. The van der Waals surface area contributed by atoms with Crippen molar-refractivity contribution in [1.82, 2.24) is 5.01 Å². The SMILES string of the molecule is CN1N=C(N)C[C@H]1c1ccccc1. The molecule has 1 aliphatic heterocycles. The van der Waals surface area contributed by atoms with Crippen molar-refractivity contribution in [2.45, 2.75) is 12.5 Å². The Labute approximate surface area is 77.9 Å². The molecule has 1 aromatic rings. The average molecular weight is 175 g/mol. The summed E-state index contributed by atoms with van der Waals surface area (Å²) in [4.78, 5) is 0. The van der Waals surface area contributed by atoms with Gasteiger partial charge in [-0.3, -0.25) is 5.01 Å². The highest BCUT2D eigenvalue weighted by Gasteiger charge is 2.22. The van der Waals surface area contributed by atoms with Crippen LogP contribution in [0.1, 0.15) is 18.0 Å². The fourth-order valence-corrected chi connectivity index (χ4v) is 1.65. The van der Waals surface area contributed by atoms with Crippen molar-refractivity contribution >= 4 is 5.84 Å². The Balaban J connectivity index is 2.21. The standard InChI is InChI=1S/C10H13N3/c1-13-9(7-10(11)12-13)8-5-3-2-4-6-8/h2-6,9H,7H2,1H3,(H2,11,12)/t9-/m0/s1. The molecule has 0 spiro atoms. The van der Waals surface area contributed by atoms with Crippen LogP contribution in [-0.2, 0) is 0 Å². The number of rotatable bonds is 1. The maximum Gasteiger partial charge on any atom is 0.122 e. The number of amidine groups is 1. The van der Waals surface area contributed by atoms with E-state index in [0.29, 0.717) is 6.04 Å². The van der Waals surface area contributed by atoms with Crippen molar-refractivity contribution in [2.24, 2.45) is 10.8 Å². The third-order valence-corrected chi connectivity index (χ3v) is 2.32. The minimum atomic E-state index is 0.321. The Morgan fingerprint density at radius 2 is 2.08 bits per heavy atom.